The molecule has 1 heterocycles. The van der Waals surface area contributed by atoms with E-state index < -0.39 is 0 Å². The van der Waals surface area contributed by atoms with Crippen molar-refractivity contribution in [2.24, 2.45) is 10.4 Å². The van der Waals surface area contributed by atoms with E-state index in [0.29, 0.717) is 23.6 Å². The minimum absolute atomic E-state index is 0. The standard InChI is InChI=1S/C23H31FN4O2.HI/c1-25-22(28-17-23(13-14-29-2)11-3-4-12-23)27-16-18-5-10-21(26-15-18)30-20-8-6-19(24)7-9-20;/h5-10,15H,3-4,11-14,16-17H2,1-2H3,(H2,25,27,28);1H. The van der Waals surface area contributed by atoms with Crippen LogP contribution in [0.2, 0.25) is 0 Å². The highest BCUT2D eigenvalue weighted by molar-refractivity contribution is 14.0. The number of nitrogens with zero attached hydrogens (tertiary/aromatic N) is 2. The Morgan fingerprint density at radius 3 is 2.48 bits per heavy atom. The Morgan fingerprint density at radius 1 is 1.13 bits per heavy atom. The first-order valence-corrected chi connectivity index (χ1v) is 10.4. The second kappa shape index (κ2) is 12.8. The summed E-state index contributed by atoms with van der Waals surface area (Å²) in [5, 5.41) is 6.83. The summed E-state index contributed by atoms with van der Waals surface area (Å²) in [6, 6.07) is 9.62. The van der Waals surface area contributed by atoms with Crippen molar-refractivity contribution >= 4 is 29.9 Å². The predicted octanol–water partition coefficient (Wildman–Crippen LogP) is 4.89. The molecular formula is C23H32FIN4O2. The smallest absolute Gasteiger partial charge is 0.219 e. The maximum Gasteiger partial charge on any atom is 0.219 e. The van der Waals surface area contributed by atoms with E-state index in [0.717, 1.165) is 31.1 Å². The van der Waals surface area contributed by atoms with Gasteiger partial charge in [-0.1, -0.05) is 18.9 Å². The Kier molecular flexibility index (Phi) is 10.5. The maximum atomic E-state index is 13.0. The molecule has 3 rings (SSSR count). The first kappa shape index (κ1) is 25.3. The molecule has 1 fully saturated rings. The molecule has 0 spiro atoms. The molecule has 1 aromatic carbocycles. The molecule has 8 heteroatoms. The number of pyridine rings is 1. The Morgan fingerprint density at radius 2 is 1.87 bits per heavy atom. The molecule has 6 nitrogen and oxygen atoms in total. The molecular weight excluding hydrogens is 510 g/mol. The molecule has 0 saturated heterocycles. The Labute approximate surface area is 201 Å². The van der Waals surface area contributed by atoms with Crippen molar-refractivity contribution in [3.8, 4) is 11.6 Å². The number of ether oxygens (including phenoxy) is 2. The fraction of sp³-hybridized carbons (Fsp3) is 0.478. The zero-order valence-electron chi connectivity index (χ0n) is 18.2. The molecule has 0 aliphatic heterocycles. The number of nitrogens with one attached hydrogen (secondary N) is 2. The summed E-state index contributed by atoms with van der Waals surface area (Å²) in [7, 11) is 3.55. The number of benzene rings is 1. The third kappa shape index (κ3) is 7.92. The molecule has 31 heavy (non-hydrogen) atoms. The van der Waals surface area contributed by atoms with Crippen LogP contribution in [0.4, 0.5) is 4.39 Å². The van der Waals surface area contributed by atoms with E-state index in [9.17, 15) is 4.39 Å². The number of hydrogen-bond acceptors (Lipinski definition) is 4. The predicted molar refractivity (Wildman–Crippen MR) is 132 cm³/mol. The van der Waals surface area contributed by atoms with E-state index in [1.165, 1.54) is 37.8 Å². The number of rotatable bonds is 9. The molecule has 1 aliphatic carbocycles. The van der Waals surface area contributed by atoms with Gasteiger partial charge in [0.15, 0.2) is 5.96 Å². The monoisotopic (exact) mass is 542 g/mol. The normalized spacial score (nSPS) is 15.3. The quantitative estimate of drug-likeness (QED) is 0.268. The van der Waals surface area contributed by atoms with Crippen molar-refractivity contribution < 1.29 is 13.9 Å². The number of aromatic nitrogens is 1. The van der Waals surface area contributed by atoms with Gasteiger partial charge >= 0.3 is 0 Å². The molecule has 0 amide bonds. The number of methoxy groups -OCH3 is 1. The van der Waals surface area contributed by atoms with E-state index in [-0.39, 0.29) is 29.8 Å². The highest BCUT2D eigenvalue weighted by atomic mass is 127. The lowest BCUT2D eigenvalue weighted by Gasteiger charge is -2.30. The fourth-order valence-electron chi connectivity index (χ4n) is 3.84. The van der Waals surface area contributed by atoms with Gasteiger partial charge in [-0.25, -0.2) is 9.37 Å². The van der Waals surface area contributed by atoms with Crippen LogP contribution in [0.5, 0.6) is 11.6 Å². The topological polar surface area (TPSA) is 67.8 Å². The largest absolute Gasteiger partial charge is 0.439 e. The minimum atomic E-state index is -0.295. The van der Waals surface area contributed by atoms with E-state index >= 15 is 0 Å². The molecule has 1 aromatic heterocycles. The zero-order chi connectivity index (χ0) is 21.2. The highest BCUT2D eigenvalue weighted by Crippen LogP contribution is 2.40. The van der Waals surface area contributed by atoms with Gasteiger partial charge in [0.2, 0.25) is 5.88 Å². The van der Waals surface area contributed by atoms with Crippen LogP contribution in [-0.4, -0.2) is 38.3 Å². The van der Waals surface area contributed by atoms with Crippen LogP contribution in [0.15, 0.2) is 47.6 Å². The summed E-state index contributed by atoms with van der Waals surface area (Å²) < 4.78 is 23.9. The molecule has 2 aromatic rings. The number of halogens is 2. The van der Waals surface area contributed by atoms with Gasteiger partial charge in [-0.15, -0.1) is 24.0 Å². The van der Waals surface area contributed by atoms with Crippen LogP contribution in [0.25, 0.3) is 0 Å². The molecule has 0 unspecified atom stereocenters. The summed E-state index contributed by atoms with van der Waals surface area (Å²) in [5.41, 5.74) is 1.31. The Hall–Kier alpha value is -1.94. The third-order valence-corrected chi connectivity index (χ3v) is 5.65. The van der Waals surface area contributed by atoms with Crippen LogP contribution in [-0.2, 0) is 11.3 Å². The lowest BCUT2D eigenvalue weighted by Crippen LogP contribution is -2.43. The lowest BCUT2D eigenvalue weighted by molar-refractivity contribution is 0.138. The number of aliphatic imine (C=N–C) groups is 1. The van der Waals surface area contributed by atoms with Gasteiger partial charge in [0.25, 0.3) is 0 Å². The molecule has 1 aliphatic rings. The highest BCUT2D eigenvalue weighted by Gasteiger charge is 2.33. The average molecular weight is 542 g/mol. The van der Waals surface area contributed by atoms with Crippen molar-refractivity contribution in [3.63, 3.8) is 0 Å². The van der Waals surface area contributed by atoms with E-state index in [4.69, 9.17) is 9.47 Å². The van der Waals surface area contributed by atoms with Gasteiger partial charge < -0.3 is 20.1 Å². The van der Waals surface area contributed by atoms with Gasteiger partial charge in [-0.2, -0.15) is 0 Å². The van der Waals surface area contributed by atoms with Crippen molar-refractivity contribution in [3.05, 3.63) is 54.0 Å². The molecule has 2 N–H and O–H groups in total. The summed E-state index contributed by atoms with van der Waals surface area (Å²) in [4.78, 5) is 8.67. The second-order valence-corrected chi connectivity index (χ2v) is 7.79. The second-order valence-electron chi connectivity index (χ2n) is 7.79. The van der Waals surface area contributed by atoms with Gasteiger partial charge in [0, 0.05) is 46.1 Å². The van der Waals surface area contributed by atoms with Crippen molar-refractivity contribution in [1.82, 2.24) is 15.6 Å². The summed E-state index contributed by atoms with van der Waals surface area (Å²) in [6.07, 6.45) is 7.88. The minimum Gasteiger partial charge on any atom is -0.439 e. The van der Waals surface area contributed by atoms with Crippen LogP contribution in [0.1, 0.15) is 37.7 Å². The van der Waals surface area contributed by atoms with Crippen LogP contribution in [0, 0.1) is 11.2 Å². The van der Waals surface area contributed by atoms with Crippen molar-refractivity contribution in [2.45, 2.75) is 38.6 Å². The number of hydrogen-bond donors (Lipinski definition) is 2. The van der Waals surface area contributed by atoms with Gasteiger partial charge in [0.05, 0.1) is 0 Å². The summed E-state index contributed by atoms with van der Waals surface area (Å²) in [5.74, 6) is 1.50. The Balaban J connectivity index is 0.00000341. The van der Waals surface area contributed by atoms with Crippen molar-refractivity contribution in [1.29, 1.82) is 0 Å². The first-order chi connectivity index (χ1) is 14.6. The van der Waals surface area contributed by atoms with Gasteiger partial charge in [-0.3, -0.25) is 4.99 Å². The molecule has 0 bridgehead atoms. The molecule has 170 valence electrons. The van der Waals surface area contributed by atoms with Gasteiger partial charge in [0.1, 0.15) is 11.6 Å². The summed E-state index contributed by atoms with van der Waals surface area (Å²) >= 11 is 0. The molecule has 0 radical (unpaired) electrons. The first-order valence-electron chi connectivity index (χ1n) is 10.4. The SMILES string of the molecule is CN=C(NCc1ccc(Oc2ccc(F)cc2)nc1)NCC1(CCOC)CCCC1.I. The van der Waals surface area contributed by atoms with E-state index in [1.807, 2.05) is 6.07 Å². The summed E-state index contributed by atoms with van der Waals surface area (Å²) in [6.45, 7) is 2.30. The Bertz CT molecular complexity index is 809. The molecule has 0 atom stereocenters. The lowest BCUT2D eigenvalue weighted by atomic mass is 9.83. The van der Waals surface area contributed by atoms with Crippen LogP contribution >= 0.6 is 24.0 Å². The van der Waals surface area contributed by atoms with Gasteiger partial charge in [-0.05, 0) is 54.5 Å². The van der Waals surface area contributed by atoms with Crippen molar-refractivity contribution in [2.75, 3.05) is 27.3 Å². The zero-order valence-corrected chi connectivity index (χ0v) is 20.5. The van der Waals surface area contributed by atoms with Crippen LogP contribution in [0.3, 0.4) is 0 Å². The number of guanidine groups is 1. The molecule has 1 saturated carbocycles. The fourth-order valence-corrected chi connectivity index (χ4v) is 3.84. The van der Waals surface area contributed by atoms with E-state index in [1.54, 1.807) is 38.6 Å². The third-order valence-electron chi connectivity index (χ3n) is 5.65. The average Bonchev–Trinajstić information content (AvgIpc) is 3.24. The van der Waals surface area contributed by atoms with E-state index in [2.05, 4.69) is 20.6 Å². The maximum absolute atomic E-state index is 13.0. The van der Waals surface area contributed by atoms with Crippen LogP contribution < -0.4 is 15.4 Å².